The van der Waals surface area contributed by atoms with Gasteiger partial charge >= 0.3 is 0 Å². The predicted molar refractivity (Wildman–Crippen MR) is 76.9 cm³/mol. The summed E-state index contributed by atoms with van der Waals surface area (Å²) in [6.45, 7) is 9.43. The first-order valence-corrected chi connectivity index (χ1v) is 6.96. The van der Waals surface area contributed by atoms with Crippen LogP contribution < -0.4 is 5.32 Å². The van der Waals surface area contributed by atoms with Crippen molar-refractivity contribution in [1.82, 2.24) is 10.3 Å². The fraction of sp³-hybridized carbons (Fsp3) is 0.667. The molecule has 0 amide bonds. The van der Waals surface area contributed by atoms with E-state index in [2.05, 4.69) is 38.0 Å². The van der Waals surface area contributed by atoms with E-state index in [1.54, 1.807) is 6.20 Å². The Morgan fingerprint density at radius 2 is 1.94 bits per heavy atom. The fourth-order valence-corrected chi connectivity index (χ4v) is 3.64. The molecular weight excluding hydrogens is 244 g/mol. The largest absolute Gasteiger partial charge is 0.316 e. The van der Waals surface area contributed by atoms with Gasteiger partial charge in [-0.25, -0.2) is 0 Å². The number of aromatic nitrogens is 1. The molecule has 0 radical (unpaired) electrons. The van der Waals surface area contributed by atoms with Gasteiger partial charge in [0, 0.05) is 18.4 Å². The summed E-state index contributed by atoms with van der Waals surface area (Å²) >= 11 is 6.20. The van der Waals surface area contributed by atoms with E-state index in [9.17, 15) is 0 Å². The zero-order chi connectivity index (χ0) is 13.6. The molecule has 3 heteroatoms. The van der Waals surface area contributed by atoms with E-state index in [0.29, 0.717) is 22.8 Å². The van der Waals surface area contributed by atoms with Gasteiger partial charge in [0.05, 0.1) is 5.02 Å². The minimum Gasteiger partial charge on any atom is -0.316 e. The molecule has 1 saturated carbocycles. The smallest absolute Gasteiger partial charge is 0.0621 e. The minimum atomic E-state index is 0.389. The van der Waals surface area contributed by atoms with Gasteiger partial charge in [0.25, 0.3) is 0 Å². The van der Waals surface area contributed by atoms with Gasteiger partial charge in [0.2, 0.25) is 0 Å². The monoisotopic (exact) mass is 266 g/mol. The highest BCUT2D eigenvalue weighted by Gasteiger charge is 2.66. The summed E-state index contributed by atoms with van der Waals surface area (Å²) in [5.41, 5.74) is 1.96. The summed E-state index contributed by atoms with van der Waals surface area (Å²) < 4.78 is 0. The molecule has 0 aromatic carbocycles. The molecule has 1 heterocycles. The van der Waals surface area contributed by atoms with Gasteiger partial charge in [0.1, 0.15) is 0 Å². The number of hydrogen-bond acceptors (Lipinski definition) is 2. The van der Waals surface area contributed by atoms with Gasteiger partial charge in [-0.15, -0.1) is 0 Å². The lowest BCUT2D eigenvalue weighted by Crippen LogP contribution is -2.32. The molecule has 1 aliphatic rings. The van der Waals surface area contributed by atoms with Gasteiger partial charge in [-0.1, -0.05) is 39.3 Å². The zero-order valence-corrected chi connectivity index (χ0v) is 12.7. The molecular formula is C15H23ClN2. The molecule has 1 aliphatic carbocycles. The average molecular weight is 267 g/mol. The van der Waals surface area contributed by atoms with Crippen molar-refractivity contribution in [2.45, 2.75) is 40.2 Å². The highest BCUT2D eigenvalue weighted by Crippen LogP contribution is 2.69. The van der Waals surface area contributed by atoms with Crippen LogP contribution in [0.25, 0.3) is 0 Å². The molecule has 0 bridgehead atoms. The molecule has 0 spiro atoms. The summed E-state index contributed by atoms with van der Waals surface area (Å²) in [6, 6.07) is 2.49. The van der Waals surface area contributed by atoms with Crippen molar-refractivity contribution in [2.24, 2.45) is 16.7 Å². The van der Waals surface area contributed by atoms with Crippen molar-refractivity contribution >= 4 is 11.6 Å². The lowest BCUT2D eigenvalue weighted by Gasteiger charge is -2.19. The van der Waals surface area contributed by atoms with E-state index in [1.165, 1.54) is 5.56 Å². The maximum Gasteiger partial charge on any atom is 0.0621 e. The van der Waals surface area contributed by atoms with Crippen molar-refractivity contribution in [1.29, 1.82) is 0 Å². The van der Waals surface area contributed by atoms with Crippen LogP contribution in [-0.4, -0.2) is 18.1 Å². The van der Waals surface area contributed by atoms with Crippen molar-refractivity contribution < 1.29 is 0 Å². The molecule has 1 aromatic rings. The summed E-state index contributed by atoms with van der Waals surface area (Å²) in [7, 11) is 2.05. The standard InChI is InChI=1S/C15H23ClN2/c1-14(2)13(15(14,3)4)12(17-5)8-10-6-7-18-9-11(10)16/h6-7,9,12-13,17H,8H2,1-5H3. The van der Waals surface area contributed by atoms with Crippen LogP contribution in [0.15, 0.2) is 18.5 Å². The molecule has 0 saturated heterocycles. The van der Waals surface area contributed by atoms with Crippen LogP contribution in [0, 0.1) is 16.7 Å². The van der Waals surface area contributed by atoms with Crippen LogP contribution in [0.5, 0.6) is 0 Å². The maximum atomic E-state index is 6.20. The van der Waals surface area contributed by atoms with E-state index in [1.807, 2.05) is 19.3 Å². The predicted octanol–water partition coefficient (Wildman–Crippen LogP) is 3.55. The van der Waals surface area contributed by atoms with Crippen LogP contribution in [0.3, 0.4) is 0 Å². The number of pyridine rings is 1. The van der Waals surface area contributed by atoms with Gasteiger partial charge in [0.15, 0.2) is 0 Å². The van der Waals surface area contributed by atoms with Gasteiger partial charge < -0.3 is 5.32 Å². The molecule has 0 aliphatic heterocycles. The third kappa shape index (κ3) is 2.06. The van der Waals surface area contributed by atoms with Gasteiger partial charge in [-0.2, -0.15) is 0 Å². The Labute approximate surface area is 115 Å². The number of halogens is 1. The van der Waals surface area contributed by atoms with Crippen molar-refractivity contribution in [3.8, 4) is 0 Å². The molecule has 18 heavy (non-hydrogen) atoms. The van der Waals surface area contributed by atoms with Crippen LogP contribution >= 0.6 is 11.6 Å². The van der Waals surface area contributed by atoms with E-state index in [-0.39, 0.29) is 0 Å². The van der Waals surface area contributed by atoms with Crippen molar-refractivity contribution in [3.63, 3.8) is 0 Å². The minimum absolute atomic E-state index is 0.389. The number of nitrogens with one attached hydrogen (secondary N) is 1. The Hall–Kier alpha value is -0.600. The summed E-state index contributed by atoms with van der Waals surface area (Å²) in [5, 5.41) is 4.24. The lowest BCUT2D eigenvalue weighted by atomic mass is 9.97. The first kappa shape index (κ1) is 13.8. The summed E-state index contributed by atoms with van der Waals surface area (Å²) in [5.74, 6) is 0.680. The topological polar surface area (TPSA) is 24.9 Å². The van der Waals surface area contributed by atoms with Crippen molar-refractivity contribution in [3.05, 3.63) is 29.0 Å². The van der Waals surface area contributed by atoms with Crippen molar-refractivity contribution in [2.75, 3.05) is 7.05 Å². The van der Waals surface area contributed by atoms with Gasteiger partial charge in [-0.05, 0) is 41.8 Å². The van der Waals surface area contributed by atoms with E-state index < -0.39 is 0 Å². The molecule has 1 unspecified atom stereocenters. The summed E-state index contributed by atoms with van der Waals surface area (Å²) in [4.78, 5) is 4.04. The molecule has 1 aromatic heterocycles. The second-order valence-electron chi connectivity index (χ2n) is 6.49. The summed E-state index contributed by atoms with van der Waals surface area (Å²) in [6.07, 6.45) is 4.51. The Kier molecular flexibility index (Phi) is 3.46. The quantitative estimate of drug-likeness (QED) is 0.902. The highest BCUT2D eigenvalue weighted by molar-refractivity contribution is 6.31. The Morgan fingerprint density at radius 3 is 2.39 bits per heavy atom. The second kappa shape index (κ2) is 4.50. The lowest BCUT2D eigenvalue weighted by molar-refractivity contribution is 0.421. The maximum absolute atomic E-state index is 6.20. The Bertz CT molecular complexity index is 426. The number of nitrogens with zero attached hydrogens (tertiary/aromatic N) is 1. The Balaban J connectivity index is 2.16. The molecule has 100 valence electrons. The highest BCUT2D eigenvalue weighted by atomic mass is 35.5. The Morgan fingerprint density at radius 1 is 1.33 bits per heavy atom. The number of rotatable bonds is 4. The van der Waals surface area contributed by atoms with E-state index >= 15 is 0 Å². The van der Waals surface area contributed by atoms with E-state index in [4.69, 9.17) is 11.6 Å². The van der Waals surface area contributed by atoms with Crippen LogP contribution in [0.1, 0.15) is 33.3 Å². The average Bonchev–Trinajstić information content (AvgIpc) is 2.70. The van der Waals surface area contributed by atoms with Crippen LogP contribution in [-0.2, 0) is 6.42 Å². The van der Waals surface area contributed by atoms with Crippen LogP contribution in [0.2, 0.25) is 5.02 Å². The third-order valence-corrected chi connectivity index (χ3v) is 5.54. The second-order valence-corrected chi connectivity index (χ2v) is 6.89. The molecule has 1 atom stereocenters. The normalized spacial score (nSPS) is 22.8. The third-order valence-electron chi connectivity index (χ3n) is 5.20. The fourth-order valence-electron chi connectivity index (χ4n) is 3.45. The van der Waals surface area contributed by atoms with E-state index in [0.717, 1.165) is 11.4 Å². The molecule has 2 rings (SSSR count). The SMILES string of the molecule is CNC(Cc1ccncc1Cl)C1C(C)(C)C1(C)C. The molecule has 1 fully saturated rings. The molecule has 1 N–H and O–H groups in total. The number of likely N-dealkylation sites (N-methyl/N-ethyl adjacent to an activating group) is 1. The van der Waals surface area contributed by atoms with Crippen LogP contribution in [0.4, 0.5) is 0 Å². The molecule has 2 nitrogen and oxygen atoms in total. The number of hydrogen-bond donors (Lipinski definition) is 1. The first-order chi connectivity index (χ1) is 8.32. The van der Waals surface area contributed by atoms with Gasteiger partial charge in [-0.3, -0.25) is 4.98 Å². The first-order valence-electron chi connectivity index (χ1n) is 6.58. The zero-order valence-electron chi connectivity index (χ0n) is 11.9.